The van der Waals surface area contributed by atoms with Crippen molar-refractivity contribution in [2.45, 2.75) is 25.3 Å². The van der Waals surface area contributed by atoms with Crippen molar-refractivity contribution in [3.63, 3.8) is 0 Å². The molecule has 0 aliphatic heterocycles. The highest BCUT2D eigenvalue weighted by Crippen LogP contribution is 2.40. The molecule has 114 valence electrons. The molecule has 0 unspecified atom stereocenters. The van der Waals surface area contributed by atoms with Crippen LogP contribution in [0.5, 0.6) is 0 Å². The summed E-state index contributed by atoms with van der Waals surface area (Å²) >= 11 is 0. The summed E-state index contributed by atoms with van der Waals surface area (Å²) in [4.78, 5) is 23.4. The molecule has 0 bridgehead atoms. The van der Waals surface area contributed by atoms with Gasteiger partial charge in [-0.3, -0.25) is 4.68 Å². The maximum absolute atomic E-state index is 11.9. The second kappa shape index (κ2) is 6.53. The predicted octanol–water partition coefficient (Wildman–Crippen LogP) is 1.25. The first-order valence-corrected chi connectivity index (χ1v) is 6.63. The van der Waals surface area contributed by atoms with Crippen molar-refractivity contribution >= 4 is 11.9 Å². The van der Waals surface area contributed by atoms with E-state index >= 15 is 0 Å². The van der Waals surface area contributed by atoms with Crippen LogP contribution in [0.2, 0.25) is 0 Å². The van der Waals surface area contributed by atoms with E-state index < -0.39 is 11.9 Å². The second-order valence-electron chi connectivity index (χ2n) is 4.75. The number of esters is 2. The van der Waals surface area contributed by atoms with Crippen LogP contribution in [0.15, 0.2) is 18.4 Å². The molecule has 1 aromatic heterocycles. The van der Waals surface area contributed by atoms with Gasteiger partial charge in [0.15, 0.2) is 11.5 Å². The SMILES string of the molecule is C=C(OC)C(=O)OC(=O)c1cc(C2CC2)n(CCOC)n1. The summed E-state index contributed by atoms with van der Waals surface area (Å²) in [5, 5.41) is 4.19. The van der Waals surface area contributed by atoms with Gasteiger partial charge in [-0.05, 0) is 25.5 Å². The number of aromatic nitrogens is 2. The van der Waals surface area contributed by atoms with Crippen LogP contribution in [0.1, 0.15) is 34.9 Å². The van der Waals surface area contributed by atoms with E-state index in [4.69, 9.17) is 4.74 Å². The summed E-state index contributed by atoms with van der Waals surface area (Å²) in [6, 6.07) is 1.67. The van der Waals surface area contributed by atoms with E-state index in [0.717, 1.165) is 18.5 Å². The lowest BCUT2D eigenvalue weighted by Gasteiger charge is -2.04. The molecule has 1 fully saturated rings. The van der Waals surface area contributed by atoms with Gasteiger partial charge in [-0.25, -0.2) is 9.59 Å². The topological polar surface area (TPSA) is 79.7 Å². The Balaban J connectivity index is 2.10. The molecule has 0 spiro atoms. The van der Waals surface area contributed by atoms with Crippen molar-refractivity contribution in [1.29, 1.82) is 0 Å². The monoisotopic (exact) mass is 294 g/mol. The third-order valence-electron chi connectivity index (χ3n) is 3.18. The van der Waals surface area contributed by atoms with Crippen LogP contribution in [-0.2, 0) is 25.5 Å². The predicted molar refractivity (Wildman–Crippen MR) is 72.6 cm³/mol. The Kier molecular flexibility index (Phi) is 4.74. The van der Waals surface area contributed by atoms with E-state index in [0.29, 0.717) is 19.1 Å². The second-order valence-corrected chi connectivity index (χ2v) is 4.75. The van der Waals surface area contributed by atoms with Crippen LogP contribution >= 0.6 is 0 Å². The number of rotatable bonds is 7. The number of carbonyl (C=O) groups excluding carboxylic acids is 2. The van der Waals surface area contributed by atoms with Gasteiger partial charge in [-0.2, -0.15) is 5.10 Å². The van der Waals surface area contributed by atoms with Crippen molar-refractivity contribution in [2.24, 2.45) is 0 Å². The molecule has 0 radical (unpaired) electrons. The zero-order chi connectivity index (χ0) is 15.4. The average molecular weight is 294 g/mol. The fourth-order valence-corrected chi connectivity index (χ4v) is 1.87. The summed E-state index contributed by atoms with van der Waals surface area (Å²) in [5.74, 6) is -1.54. The van der Waals surface area contributed by atoms with E-state index in [2.05, 4.69) is 21.2 Å². The number of methoxy groups -OCH3 is 2. The average Bonchev–Trinajstić information content (AvgIpc) is 3.23. The molecule has 2 rings (SSSR count). The normalized spacial score (nSPS) is 13.8. The molecule has 1 aliphatic rings. The molecule has 7 heteroatoms. The van der Waals surface area contributed by atoms with E-state index in [9.17, 15) is 9.59 Å². The number of hydrogen-bond acceptors (Lipinski definition) is 6. The zero-order valence-electron chi connectivity index (χ0n) is 12.1. The molecule has 1 aliphatic carbocycles. The van der Waals surface area contributed by atoms with E-state index in [1.165, 1.54) is 7.11 Å². The van der Waals surface area contributed by atoms with Gasteiger partial charge in [-0.1, -0.05) is 0 Å². The standard InChI is InChI=1S/C14H18N2O5/c1-9(20-3)13(17)21-14(18)11-8-12(10-4-5-10)16(15-11)6-7-19-2/h8,10H,1,4-7H2,2-3H3. The van der Waals surface area contributed by atoms with E-state index in [-0.39, 0.29) is 11.5 Å². The maximum atomic E-state index is 11.9. The molecular formula is C14H18N2O5. The molecule has 21 heavy (non-hydrogen) atoms. The summed E-state index contributed by atoms with van der Waals surface area (Å²) in [6.45, 7) is 4.38. The van der Waals surface area contributed by atoms with Crippen LogP contribution in [0.4, 0.5) is 0 Å². The first kappa shape index (κ1) is 15.2. The van der Waals surface area contributed by atoms with Crippen molar-refractivity contribution in [3.05, 3.63) is 29.8 Å². The van der Waals surface area contributed by atoms with Gasteiger partial charge in [-0.15, -0.1) is 0 Å². The molecule has 0 amide bonds. The summed E-state index contributed by atoms with van der Waals surface area (Å²) < 4.78 is 16.0. The van der Waals surface area contributed by atoms with Gasteiger partial charge in [0.2, 0.25) is 0 Å². The number of ether oxygens (including phenoxy) is 3. The van der Waals surface area contributed by atoms with E-state index in [1.54, 1.807) is 17.9 Å². The third kappa shape index (κ3) is 3.69. The van der Waals surface area contributed by atoms with Crippen LogP contribution in [0.25, 0.3) is 0 Å². The van der Waals surface area contributed by atoms with Gasteiger partial charge in [0, 0.05) is 18.7 Å². The fourth-order valence-electron chi connectivity index (χ4n) is 1.87. The largest absolute Gasteiger partial charge is 0.490 e. The van der Waals surface area contributed by atoms with Crippen molar-refractivity contribution < 1.29 is 23.8 Å². The Bertz CT molecular complexity index is 560. The van der Waals surface area contributed by atoms with Crippen molar-refractivity contribution in [3.8, 4) is 0 Å². The Morgan fingerprint density at radius 3 is 2.71 bits per heavy atom. The van der Waals surface area contributed by atoms with Gasteiger partial charge in [0.05, 0.1) is 20.3 Å². The lowest BCUT2D eigenvalue weighted by atomic mass is 10.2. The van der Waals surface area contributed by atoms with Gasteiger partial charge in [0.25, 0.3) is 0 Å². The molecule has 0 aromatic carbocycles. The first-order valence-electron chi connectivity index (χ1n) is 6.63. The molecule has 1 aromatic rings. The minimum atomic E-state index is -0.915. The fraction of sp³-hybridized carbons (Fsp3) is 0.500. The minimum Gasteiger partial charge on any atom is -0.490 e. The van der Waals surface area contributed by atoms with Gasteiger partial charge >= 0.3 is 11.9 Å². The summed E-state index contributed by atoms with van der Waals surface area (Å²) in [5.41, 5.74) is 1.07. The van der Waals surface area contributed by atoms with E-state index in [1.807, 2.05) is 0 Å². The van der Waals surface area contributed by atoms with Gasteiger partial charge in [0.1, 0.15) is 0 Å². The Labute approximate surface area is 122 Å². The molecule has 1 heterocycles. The Hall–Kier alpha value is -2.15. The van der Waals surface area contributed by atoms with Crippen LogP contribution < -0.4 is 0 Å². The highest BCUT2D eigenvalue weighted by Gasteiger charge is 2.30. The minimum absolute atomic E-state index is 0.102. The molecule has 0 N–H and O–H groups in total. The van der Waals surface area contributed by atoms with Crippen LogP contribution in [-0.4, -0.2) is 42.5 Å². The highest BCUT2D eigenvalue weighted by molar-refractivity contribution is 6.00. The third-order valence-corrected chi connectivity index (χ3v) is 3.18. The molecule has 1 saturated carbocycles. The van der Waals surface area contributed by atoms with Crippen molar-refractivity contribution in [1.82, 2.24) is 9.78 Å². The lowest BCUT2D eigenvalue weighted by molar-refractivity contribution is -0.137. The molecule has 7 nitrogen and oxygen atoms in total. The maximum Gasteiger partial charge on any atom is 0.380 e. The first-order chi connectivity index (χ1) is 10.1. The van der Waals surface area contributed by atoms with Gasteiger partial charge < -0.3 is 14.2 Å². The van der Waals surface area contributed by atoms with Crippen LogP contribution in [0.3, 0.4) is 0 Å². The number of nitrogens with zero attached hydrogens (tertiary/aromatic N) is 2. The molecular weight excluding hydrogens is 276 g/mol. The number of carbonyl (C=O) groups is 2. The Morgan fingerprint density at radius 1 is 1.43 bits per heavy atom. The number of hydrogen-bond donors (Lipinski definition) is 0. The zero-order valence-corrected chi connectivity index (χ0v) is 12.1. The summed E-state index contributed by atoms with van der Waals surface area (Å²) in [7, 11) is 2.88. The molecule has 0 atom stereocenters. The van der Waals surface area contributed by atoms with Crippen molar-refractivity contribution in [2.75, 3.05) is 20.8 Å². The summed E-state index contributed by atoms with van der Waals surface area (Å²) in [6.07, 6.45) is 2.15. The van der Waals surface area contributed by atoms with Crippen LogP contribution in [0, 0.1) is 0 Å². The lowest BCUT2D eigenvalue weighted by Crippen LogP contribution is -2.16. The Morgan fingerprint density at radius 2 is 2.14 bits per heavy atom. The smallest absolute Gasteiger partial charge is 0.380 e. The quantitative estimate of drug-likeness (QED) is 0.326. The molecule has 0 saturated heterocycles. The highest BCUT2D eigenvalue weighted by atomic mass is 16.6.